The first-order chi connectivity index (χ1) is 9.58. The predicted molar refractivity (Wildman–Crippen MR) is 79.1 cm³/mol. The van der Waals surface area contributed by atoms with Crippen molar-refractivity contribution >= 4 is 16.9 Å². The zero-order valence-corrected chi connectivity index (χ0v) is 11.9. The Hall–Kier alpha value is -1.81. The molecule has 0 radical (unpaired) electrons. The average molecular weight is 272 g/mol. The molecule has 1 heterocycles. The highest BCUT2D eigenvalue weighted by atomic mass is 16.4. The van der Waals surface area contributed by atoms with Gasteiger partial charge >= 0.3 is 5.97 Å². The average Bonchev–Trinajstić information content (AvgIpc) is 3.16. The maximum atomic E-state index is 11.5. The van der Waals surface area contributed by atoms with Crippen molar-refractivity contribution in [1.82, 2.24) is 9.88 Å². The molecule has 0 saturated heterocycles. The number of fused-ring (bicyclic) bond motifs is 1. The van der Waals surface area contributed by atoms with Crippen molar-refractivity contribution in [2.45, 2.75) is 45.3 Å². The molecule has 1 aliphatic rings. The van der Waals surface area contributed by atoms with Gasteiger partial charge in [-0.2, -0.15) is 0 Å². The van der Waals surface area contributed by atoms with Crippen LogP contribution in [0, 0.1) is 0 Å². The summed E-state index contributed by atoms with van der Waals surface area (Å²) in [6, 6.07) is 6.45. The van der Waals surface area contributed by atoms with Gasteiger partial charge in [0.05, 0.1) is 5.56 Å². The molecule has 2 aromatic rings. The molecular formula is C16H20N2O2. The zero-order chi connectivity index (χ0) is 14.3. The first-order valence-corrected chi connectivity index (χ1v) is 7.17. The van der Waals surface area contributed by atoms with Gasteiger partial charge in [0.15, 0.2) is 0 Å². The Morgan fingerprint density at radius 2 is 2.20 bits per heavy atom. The largest absolute Gasteiger partial charge is 0.478 e. The van der Waals surface area contributed by atoms with Gasteiger partial charge in [-0.1, -0.05) is 6.07 Å². The Morgan fingerprint density at radius 3 is 2.80 bits per heavy atom. The Bertz CT molecular complexity index is 654. The minimum absolute atomic E-state index is 0.316. The fourth-order valence-corrected chi connectivity index (χ4v) is 2.68. The SMILES string of the molecule is CC(C)n1cc(CNC2CC2)c2c(C(=O)O)cccc21. The number of hydrogen-bond acceptors (Lipinski definition) is 2. The number of nitrogens with zero attached hydrogens (tertiary/aromatic N) is 1. The van der Waals surface area contributed by atoms with Crippen molar-refractivity contribution in [2.24, 2.45) is 0 Å². The Morgan fingerprint density at radius 1 is 1.45 bits per heavy atom. The topological polar surface area (TPSA) is 54.3 Å². The van der Waals surface area contributed by atoms with E-state index in [-0.39, 0.29) is 0 Å². The van der Waals surface area contributed by atoms with Crippen LogP contribution in [0.2, 0.25) is 0 Å². The summed E-state index contributed by atoms with van der Waals surface area (Å²) >= 11 is 0. The van der Waals surface area contributed by atoms with Crippen LogP contribution in [0.1, 0.15) is 48.7 Å². The van der Waals surface area contributed by atoms with Crippen LogP contribution in [0.4, 0.5) is 0 Å². The highest BCUT2D eigenvalue weighted by molar-refractivity contribution is 6.04. The number of hydrogen-bond donors (Lipinski definition) is 2. The molecule has 106 valence electrons. The van der Waals surface area contributed by atoms with Gasteiger partial charge < -0.3 is 15.0 Å². The van der Waals surface area contributed by atoms with E-state index in [4.69, 9.17) is 0 Å². The van der Waals surface area contributed by atoms with E-state index in [2.05, 4.69) is 29.9 Å². The van der Waals surface area contributed by atoms with E-state index in [1.54, 1.807) is 6.07 Å². The second-order valence-electron chi connectivity index (χ2n) is 5.82. The molecule has 4 heteroatoms. The molecule has 0 atom stereocenters. The first kappa shape index (κ1) is 13.2. The van der Waals surface area contributed by atoms with Gasteiger partial charge in [-0.15, -0.1) is 0 Å². The van der Waals surface area contributed by atoms with Crippen LogP contribution in [-0.2, 0) is 6.54 Å². The van der Waals surface area contributed by atoms with Gasteiger partial charge in [-0.05, 0) is 44.4 Å². The van der Waals surface area contributed by atoms with Gasteiger partial charge in [-0.3, -0.25) is 0 Å². The van der Waals surface area contributed by atoms with E-state index in [9.17, 15) is 9.90 Å². The predicted octanol–water partition coefficient (Wildman–Crippen LogP) is 3.17. The molecule has 1 aromatic carbocycles. The molecule has 1 fully saturated rings. The quantitative estimate of drug-likeness (QED) is 0.879. The zero-order valence-electron chi connectivity index (χ0n) is 11.9. The molecule has 20 heavy (non-hydrogen) atoms. The fourth-order valence-electron chi connectivity index (χ4n) is 2.68. The van der Waals surface area contributed by atoms with Gasteiger partial charge in [-0.25, -0.2) is 4.79 Å². The molecular weight excluding hydrogens is 252 g/mol. The lowest BCUT2D eigenvalue weighted by Gasteiger charge is -2.09. The van der Waals surface area contributed by atoms with Crippen LogP contribution in [0.3, 0.4) is 0 Å². The van der Waals surface area contributed by atoms with Crippen LogP contribution in [-0.4, -0.2) is 21.7 Å². The summed E-state index contributed by atoms with van der Waals surface area (Å²) in [7, 11) is 0. The minimum Gasteiger partial charge on any atom is -0.478 e. The summed E-state index contributed by atoms with van der Waals surface area (Å²) in [5, 5.41) is 13.8. The monoisotopic (exact) mass is 272 g/mol. The first-order valence-electron chi connectivity index (χ1n) is 7.17. The van der Waals surface area contributed by atoms with Crippen molar-refractivity contribution in [3.8, 4) is 0 Å². The normalized spacial score (nSPS) is 15.2. The molecule has 0 bridgehead atoms. The van der Waals surface area contributed by atoms with Gasteiger partial charge in [0.25, 0.3) is 0 Å². The van der Waals surface area contributed by atoms with Crippen LogP contribution in [0.5, 0.6) is 0 Å². The molecule has 4 nitrogen and oxygen atoms in total. The Labute approximate surface area is 118 Å². The Balaban J connectivity index is 2.12. The molecule has 0 aliphatic heterocycles. The minimum atomic E-state index is -0.857. The third-order valence-corrected chi connectivity index (χ3v) is 3.88. The van der Waals surface area contributed by atoms with E-state index in [1.165, 1.54) is 12.8 Å². The summed E-state index contributed by atoms with van der Waals surface area (Å²) in [6.07, 6.45) is 4.56. The molecule has 0 spiro atoms. The summed E-state index contributed by atoms with van der Waals surface area (Å²) in [6.45, 7) is 4.97. The summed E-state index contributed by atoms with van der Waals surface area (Å²) in [4.78, 5) is 11.5. The summed E-state index contributed by atoms with van der Waals surface area (Å²) in [5.74, 6) is -0.857. The van der Waals surface area contributed by atoms with E-state index in [0.717, 1.165) is 23.0 Å². The second-order valence-corrected chi connectivity index (χ2v) is 5.82. The Kier molecular flexibility index (Phi) is 3.26. The molecule has 0 unspecified atom stereocenters. The lowest BCUT2D eigenvalue weighted by atomic mass is 10.1. The highest BCUT2D eigenvalue weighted by Gasteiger charge is 2.22. The third kappa shape index (κ3) is 2.31. The highest BCUT2D eigenvalue weighted by Crippen LogP contribution is 2.29. The van der Waals surface area contributed by atoms with Gasteiger partial charge in [0.2, 0.25) is 0 Å². The fraction of sp³-hybridized carbons (Fsp3) is 0.438. The van der Waals surface area contributed by atoms with Crippen molar-refractivity contribution in [1.29, 1.82) is 0 Å². The second kappa shape index (κ2) is 4.94. The number of aromatic nitrogens is 1. The van der Waals surface area contributed by atoms with Gasteiger partial charge in [0.1, 0.15) is 0 Å². The molecule has 1 saturated carbocycles. The van der Waals surface area contributed by atoms with Crippen molar-refractivity contribution < 1.29 is 9.90 Å². The van der Waals surface area contributed by atoms with Crippen molar-refractivity contribution in [3.05, 3.63) is 35.5 Å². The summed E-state index contributed by atoms with van der Waals surface area (Å²) < 4.78 is 2.16. The molecule has 1 aromatic heterocycles. The van der Waals surface area contributed by atoms with Gasteiger partial charge in [0, 0.05) is 35.7 Å². The van der Waals surface area contributed by atoms with Crippen LogP contribution < -0.4 is 5.32 Å². The molecule has 2 N–H and O–H groups in total. The number of carboxylic acid groups (broad SMARTS) is 1. The molecule has 0 amide bonds. The summed E-state index contributed by atoms with van der Waals surface area (Å²) in [5.41, 5.74) is 2.49. The maximum Gasteiger partial charge on any atom is 0.336 e. The van der Waals surface area contributed by atoms with E-state index >= 15 is 0 Å². The third-order valence-electron chi connectivity index (χ3n) is 3.88. The number of rotatable bonds is 5. The lowest BCUT2D eigenvalue weighted by Crippen LogP contribution is -2.15. The number of nitrogens with one attached hydrogen (secondary N) is 1. The van der Waals surface area contributed by atoms with E-state index < -0.39 is 5.97 Å². The van der Waals surface area contributed by atoms with E-state index in [1.807, 2.05) is 12.1 Å². The number of aromatic carboxylic acids is 1. The smallest absolute Gasteiger partial charge is 0.336 e. The lowest BCUT2D eigenvalue weighted by molar-refractivity contribution is 0.0699. The maximum absolute atomic E-state index is 11.5. The number of benzene rings is 1. The van der Waals surface area contributed by atoms with Crippen molar-refractivity contribution in [3.63, 3.8) is 0 Å². The molecule has 3 rings (SSSR count). The number of carboxylic acids is 1. The number of carbonyl (C=O) groups is 1. The standard InChI is InChI=1S/C16H20N2O2/c1-10(2)18-9-11(8-17-12-6-7-12)15-13(16(19)20)4-3-5-14(15)18/h3-5,9-10,12,17H,6-8H2,1-2H3,(H,19,20). The van der Waals surface area contributed by atoms with Crippen LogP contribution in [0.25, 0.3) is 10.9 Å². The molecule has 1 aliphatic carbocycles. The van der Waals surface area contributed by atoms with Crippen LogP contribution >= 0.6 is 0 Å². The van der Waals surface area contributed by atoms with Crippen LogP contribution in [0.15, 0.2) is 24.4 Å². The van der Waals surface area contributed by atoms with Crippen molar-refractivity contribution in [2.75, 3.05) is 0 Å². The van der Waals surface area contributed by atoms with E-state index in [0.29, 0.717) is 17.6 Å².